The van der Waals surface area contributed by atoms with Crippen LogP contribution in [0.2, 0.25) is 0 Å². The van der Waals surface area contributed by atoms with Crippen LogP contribution in [0.3, 0.4) is 0 Å². The second-order valence-corrected chi connectivity index (χ2v) is 15.4. The molecule has 1 unspecified atom stereocenters. The molecule has 57 heavy (non-hydrogen) atoms. The molecule has 0 aromatic carbocycles. The zero-order valence-corrected chi connectivity index (χ0v) is 36.2. The minimum Gasteiger partial charge on any atom is -0.462 e. The first-order chi connectivity index (χ1) is 27.7. The van der Waals surface area contributed by atoms with Crippen LogP contribution in [-0.4, -0.2) is 65.7 Å². The van der Waals surface area contributed by atoms with Gasteiger partial charge in [-0.1, -0.05) is 150 Å². The van der Waals surface area contributed by atoms with Crippen molar-refractivity contribution in [1.29, 1.82) is 0 Å². The summed E-state index contributed by atoms with van der Waals surface area (Å²) in [6.07, 6.45) is 48.5. The van der Waals surface area contributed by atoms with E-state index in [-0.39, 0.29) is 19.4 Å². The van der Waals surface area contributed by atoms with Gasteiger partial charge in [0, 0.05) is 12.8 Å². The summed E-state index contributed by atoms with van der Waals surface area (Å²) >= 11 is 0. The Morgan fingerprint density at radius 2 is 1.00 bits per heavy atom. The van der Waals surface area contributed by atoms with Crippen molar-refractivity contribution in [2.45, 2.75) is 167 Å². The molecule has 0 heterocycles. The van der Waals surface area contributed by atoms with E-state index < -0.39 is 51.8 Å². The molecule has 3 N–H and O–H groups in total. The van der Waals surface area contributed by atoms with Crippen molar-refractivity contribution < 1.29 is 47.8 Å². The number of allylic oxidation sites excluding steroid dienone is 14. The number of unbranched alkanes of at least 4 members (excludes halogenated alkanes) is 11. The van der Waals surface area contributed by atoms with Crippen molar-refractivity contribution >= 4 is 19.8 Å². The molecular weight excluding hydrogens is 743 g/mol. The summed E-state index contributed by atoms with van der Waals surface area (Å²) in [6, 6.07) is 0. The van der Waals surface area contributed by atoms with E-state index in [0.29, 0.717) is 12.8 Å². The lowest BCUT2D eigenvalue weighted by Crippen LogP contribution is -2.29. The van der Waals surface area contributed by atoms with E-state index in [9.17, 15) is 24.2 Å². The fraction of sp³-hybridized carbons (Fsp3) is 0.652. The van der Waals surface area contributed by atoms with Gasteiger partial charge in [-0.25, -0.2) is 4.57 Å². The number of phosphoric ester groups is 1. The third-order valence-electron chi connectivity index (χ3n) is 8.55. The second kappa shape index (κ2) is 41.3. The molecule has 0 aromatic rings. The van der Waals surface area contributed by atoms with Gasteiger partial charge in [-0.3, -0.25) is 18.6 Å². The van der Waals surface area contributed by atoms with Gasteiger partial charge in [-0.15, -0.1) is 0 Å². The van der Waals surface area contributed by atoms with Crippen molar-refractivity contribution in [3.8, 4) is 0 Å². The normalized spacial score (nSPS) is 14.7. The number of carbonyl (C=O) groups excluding carboxylic acids is 2. The Morgan fingerprint density at radius 3 is 1.53 bits per heavy atom. The van der Waals surface area contributed by atoms with E-state index in [1.807, 2.05) is 12.2 Å². The monoisotopic (exact) mass is 821 g/mol. The molecule has 0 aliphatic rings. The van der Waals surface area contributed by atoms with Crippen LogP contribution in [0.5, 0.6) is 0 Å². The minimum atomic E-state index is -4.64. The maximum absolute atomic E-state index is 12.6. The summed E-state index contributed by atoms with van der Waals surface area (Å²) in [5.74, 6) is -1.04. The van der Waals surface area contributed by atoms with E-state index in [1.54, 1.807) is 0 Å². The number of esters is 2. The Morgan fingerprint density at radius 1 is 0.544 bits per heavy atom. The summed E-state index contributed by atoms with van der Waals surface area (Å²) in [4.78, 5) is 34.9. The number of aliphatic hydroxyl groups excluding tert-OH is 2. The van der Waals surface area contributed by atoms with Crippen molar-refractivity contribution in [3.05, 3.63) is 85.1 Å². The largest absolute Gasteiger partial charge is 0.472 e. The van der Waals surface area contributed by atoms with Crippen LogP contribution in [0.4, 0.5) is 0 Å². The lowest BCUT2D eigenvalue weighted by atomic mass is 10.1. The SMILES string of the molecule is CC/C=C\C/C=C\C/C=C\C/C=C\C/C=C\C/C=C\CCC(=O)OC[C@H](COP(=O)(O)OC[C@@H](O)CO)OC(=O)CCCCCCCCC/C=C\CCCCCC. The predicted octanol–water partition coefficient (Wildman–Crippen LogP) is 11.4. The number of phosphoric acid groups is 1. The van der Waals surface area contributed by atoms with Crippen LogP contribution < -0.4 is 0 Å². The molecule has 0 fully saturated rings. The van der Waals surface area contributed by atoms with Gasteiger partial charge in [0.25, 0.3) is 0 Å². The van der Waals surface area contributed by atoms with Gasteiger partial charge in [0.1, 0.15) is 12.7 Å². The average Bonchev–Trinajstić information content (AvgIpc) is 3.20. The van der Waals surface area contributed by atoms with Gasteiger partial charge in [0.05, 0.1) is 19.8 Å². The van der Waals surface area contributed by atoms with Crippen LogP contribution in [0.1, 0.15) is 155 Å². The maximum Gasteiger partial charge on any atom is 0.472 e. The molecule has 10 nitrogen and oxygen atoms in total. The molecule has 0 saturated carbocycles. The van der Waals surface area contributed by atoms with Gasteiger partial charge in [0.2, 0.25) is 0 Å². The molecule has 11 heteroatoms. The number of ether oxygens (including phenoxy) is 2. The molecule has 326 valence electrons. The molecule has 0 bridgehead atoms. The predicted molar refractivity (Wildman–Crippen MR) is 233 cm³/mol. The Kier molecular flexibility index (Phi) is 39.2. The van der Waals surface area contributed by atoms with Gasteiger partial charge in [-0.2, -0.15) is 0 Å². The Labute approximate surface area is 345 Å². The lowest BCUT2D eigenvalue weighted by molar-refractivity contribution is -0.161. The molecule has 3 atom stereocenters. The van der Waals surface area contributed by atoms with E-state index in [2.05, 4.69) is 91.3 Å². The van der Waals surface area contributed by atoms with Crippen molar-refractivity contribution in [3.63, 3.8) is 0 Å². The number of rotatable bonds is 39. The highest BCUT2D eigenvalue weighted by molar-refractivity contribution is 7.47. The quantitative estimate of drug-likeness (QED) is 0.0237. The van der Waals surface area contributed by atoms with E-state index in [4.69, 9.17) is 19.1 Å². The fourth-order valence-corrected chi connectivity index (χ4v) is 6.04. The van der Waals surface area contributed by atoms with E-state index >= 15 is 0 Å². The number of carbonyl (C=O) groups is 2. The summed E-state index contributed by atoms with van der Waals surface area (Å²) in [7, 11) is -4.64. The Hall–Kier alpha value is -2.85. The fourth-order valence-electron chi connectivity index (χ4n) is 5.25. The lowest BCUT2D eigenvalue weighted by Gasteiger charge is -2.20. The molecule has 0 aliphatic heterocycles. The summed E-state index contributed by atoms with van der Waals surface area (Å²) in [6.45, 7) is 2.15. The third-order valence-corrected chi connectivity index (χ3v) is 9.50. The first-order valence-corrected chi connectivity index (χ1v) is 23.0. The first kappa shape index (κ1) is 54.2. The van der Waals surface area contributed by atoms with Crippen LogP contribution in [0, 0.1) is 0 Å². The molecule has 0 amide bonds. The molecular formula is C46H77O10P. The topological polar surface area (TPSA) is 149 Å². The highest BCUT2D eigenvalue weighted by Gasteiger charge is 2.27. The summed E-state index contributed by atoms with van der Waals surface area (Å²) in [5.41, 5.74) is 0. The smallest absolute Gasteiger partial charge is 0.462 e. The van der Waals surface area contributed by atoms with Crippen LogP contribution in [-0.2, 0) is 32.7 Å². The summed E-state index contributed by atoms with van der Waals surface area (Å²) in [5, 5.41) is 18.3. The standard InChI is InChI=1S/C46H77O10P/c1-3-5-7-9-11-13-15-17-19-20-21-22-24-25-27-29-31-33-35-37-45(49)53-41-44(42-55-57(51,52)54-40-43(48)39-47)56-46(50)38-36-34-32-30-28-26-23-18-16-14-12-10-8-6-4-2/h5,7,11,13-14,16-17,19,21-22,25,27,31,33,43-44,47-48H,3-4,6,8-10,12,15,18,20,23-24,26,28-30,32,34-42H2,1-2H3,(H,51,52)/b7-5-,13-11-,16-14-,19-17-,22-21-,27-25-,33-31-/t43-,44+/m0/s1. The Bertz CT molecular complexity index is 1220. The van der Waals surface area contributed by atoms with Gasteiger partial charge < -0.3 is 24.6 Å². The van der Waals surface area contributed by atoms with Crippen LogP contribution in [0.25, 0.3) is 0 Å². The molecule has 0 aromatic heterocycles. The number of aliphatic hydroxyl groups is 2. The molecule has 0 spiro atoms. The van der Waals surface area contributed by atoms with Crippen LogP contribution >= 0.6 is 7.82 Å². The zero-order valence-electron chi connectivity index (χ0n) is 35.3. The highest BCUT2D eigenvalue weighted by atomic mass is 31.2. The van der Waals surface area contributed by atoms with Gasteiger partial charge in [0.15, 0.2) is 6.10 Å². The van der Waals surface area contributed by atoms with E-state index in [0.717, 1.165) is 70.6 Å². The highest BCUT2D eigenvalue weighted by Crippen LogP contribution is 2.43. The second-order valence-electron chi connectivity index (χ2n) is 14.0. The van der Waals surface area contributed by atoms with Crippen molar-refractivity contribution in [2.24, 2.45) is 0 Å². The molecule has 0 saturated heterocycles. The molecule has 0 rings (SSSR count). The van der Waals surface area contributed by atoms with Crippen molar-refractivity contribution in [2.75, 3.05) is 26.4 Å². The first-order valence-electron chi connectivity index (χ1n) is 21.5. The molecule has 0 radical (unpaired) electrons. The van der Waals surface area contributed by atoms with E-state index in [1.165, 1.54) is 44.9 Å². The molecule has 0 aliphatic carbocycles. The summed E-state index contributed by atoms with van der Waals surface area (Å²) < 4.78 is 32.6. The van der Waals surface area contributed by atoms with Gasteiger partial charge >= 0.3 is 19.8 Å². The number of hydrogen-bond donors (Lipinski definition) is 3. The van der Waals surface area contributed by atoms with Crippen LogP contribution in [0.15, 0.2) is 85.1 Å². The zero-order chi connectivity index (χ0) is 41.9. The Balaban J connectivity index is 4.44. The minimum absolute atomic E-state index is 0.111. The average molecular weight is 821 g/mol. The number of hydrogen-bond acceptors (Lipinski definition) is 9. The maximum atomic E-state index is 12.6. The third kappa shape index (κ3) is 41.1. The van der Waals surface area contributed by atoms with Gasteiger partial charge in [-0.05, 0) is 77.0 Å². The van der Waals surface area contributed by atoms with Crippen molar-refractivity contribution in [1.82, 2.24) is 0 Å².